The number of hydrogen-bond acceptors (Lipinski definition) is 6. The molecule has 2 fully saturated rings. The number of nitrogens with one attached hydrogen (secondary N) is 1. The van der Waals surface area contributed by atoms with Crippen molar-refractivity contribution < 1.29 is 14.3 Å². The van der Waals surface area contributed by atoms with Crippen LogP contribution in [0, 0.1) is 17.2 Å². The minimum Gasteiger partial charge on any atom is -0.378 e. The van der Waals surface area contributed by atoms with E-state index in [0.717, 1.165) is 53.5 Å². The van der Waals surface area contributed by atoms with Gasteiger partial charge in [-0.2, -0.15) is 5.26 Å². The molecule has 168 valence electrons. The predicted octanol–water partition coefficient (Wildman–Crippen LogP) is 3.25. The molecule has 1 aliphatic carbocycles. The highest BCUT2D eigenvalue weighted by Gasteiger charge is 2.43. The molecule has 9 nitrogen and oxygen atoms in total. The van der Waals surface area contributed by atoms with E-state index in [1.165, 1.54) is 5.56 Å². The van der Waals surface area contributed by atoms with Gasteiger partial charge in [-0.1, -0.05) is 6.07 Å². The van der Waals surface area contributed by atoms with Crippen molar-refractivity contribution in [3.05, 3.63) is 41.9 Å². The summed E-state index contributed by atoms with van der Waals surface area (Å²) in [6, 6.07) is 7.95. The summed E-state index contributed by atoms with van der Waals surface area (Å²) in [7, 11) is 0. The molecule has 1 saturated heterocycles. The molecule has 6 rings (SSSR count). The van der Waals surface area contributed by atoms with Crippen LogP contribution in [0.2, 0.25) is 0 Å². The summed E-state index contributed by atoms with van der Waals surface area (Å²) in [6.07, 6.45) is 7.10. The maximum absolute atomic E-state index is 11.4. The van der Waals surface area contributed by atoms with Gasteiger partial charge in [-0.05, 0) is 37.0 Å². The Balaban J connectivity index is 1.49. The molecule has 3 aliphatic rings. The standard InChI is InChI=1S/C24H24N6O3/c25-10-14-7-16(8-14)30-12-18(17-9-21(29-23(26)31)27-11-20(17)30)19-2-1-15-3-5-33-24(22(15)28-19)4-6-32-13-24/h1-2,9,11-12,14,16H,3-8,13H2,(H3,26,27,29,31)/t14-,16+,24?. The van der Waals surface area contributed by atoms with Crippen molar-refractivity contribution in [1.82, 2.24) is 14.5 Å². The highest BCUT2D eigenvalue weighted by atomic mass is 16.6. The molecule has 0 bridgehead atoms. The molecule has 5 heterocycles. The molecule has 1 unspecified atom stereocenters. The number of pyridine rings is 2. The summed E-state index contributed by atoms with van der Waals surface area (Å²) in [5, 5.41) is 12.7. The molecule has 3 aromatic heterocycles. The van der Waals surface area contributed by atoms with E-state index in [9.17, 15) is 10.1 Å². The molecular weight excluding hydrogens is 420 g/mol. The van der Waals surface area contributed by atoms with Crippen LogP contribution in [0.3, 0.4) is 0 Å². The van der Waals surface area contributed by atoms with Crippen molar-refractivity contribution in [3.63, 3.8) is 0 Å². The van der Waals surface area contributed by atoms with E-state index >= 15 is 0 Å². The predicted molar refractivity (Wildman–Crippen MR) is 120 cm³/mol. The Bertz CT molecular complexity index is 1300. The SMILES string of the molecule is N#C[C@H]1C[C@@H](n2cc(-c3ccc4c(n3)C3(CCOC3)OCC4)c3cc(NC(N)=O)ncc32)C1. The summed E-state index contributed by atoms with van der Waals surface area (Å²) in [6.45, 7) is 1.86. The molecule has 1 atom stereocenters. The highest BCUT2D eigenvalue weighted by molar-refractivity contribution is 5.98. The second-order valence-electron chi connectivity index (χ2n) is 9.08. The van der Waals surface area contributed by atoms with Crippen molar-refractivity contribution in [2.24, 2.45) is 11.7 Å². The van der Waals surface area contributed by atoms with E-state index < -0.39 is 11.6 Å². The number of anilines is 1. The number of primary amides is 1. The number of fused-ring (bicyclic) bond motifs is 3. The third-order valence-electron chi connectivity index (χ3n) is 7.08. The monoisotopic (exact) mass is 444 g/mol. The number of aromatic nitrogens is 3. The summed E-state index contributed by atoms with van der Waals surface area (Å²) < 4.78 is 14.1. The van der Waals surface area contributed by atoms with Crippen molar-refractivity contribution in [2.75, 3.05) is 25.1 Å². The maximum atomic E-state index is 11.4. The summed E-state index contributed by atoms with van der Waals surface area (Å²) in [5.41, 5.74) is 9.72. The number of hydrogen-bond donors (Lipinski definition) is 2. The van der Waals surface area contributed by atoms with Gasteiger partial charge in [0.1, 0.15) is 11.4 Å². The number of nitrogens with two attached hydrogens (primary N) is 1. The molecule has 0 aromatic carbocycles. The van der Waals surface area contributed by atoms with Crippen molar-refractivity contribution >= 4 is 22.8 Å². The van der Waals surface area contributed by atoms with Crippen molar-refractivity contribution in [2.45, 2.75) is 37.3 Å². The smallest absolute Gasteiger partial charge is 0.317 e. The van der Waals surface area contributed by atoms with E-state index in [2.05, 4.69) is 33.2 Å². The number of urea groups is 1. The molecule has 2 aliphatic heterocycles. The van der Waals surface area contributed by atoms with Gasteiger partial charge in [-0.3, -0.25) is 5.32 Å². The lowest BCUT2D eigenvalue weighted by molar-refractivity contribution is -0.0664. The van der Waals surface area contributed by atoms with E-state index in [-0.39, 0.29) is 12.0 Å². The zero-order valence-electron chi connectivity index (χ0n) is 18.1. The lowest BCUT2D eigenvalue weighted by Gasteiger charge is -2.33. The van der Waals surface area contributed by atoms with Crippen LogP contribution >= 0.6 is 0 Å². The Morgan fingerprint density at radius 1 is 1.33 bits per heavy atom. The summed E-state index contributed by atoms with van der Waals surface area (Å²) in [5.74, 6) is 0.473. The first-order valence-corrected chi connectivity index (χ1v) is 11.3. The molecule has 1 saturated carbocycles. The molecule has 9 heteroatoms. The first kappa shape index (κ1) is 20.1. The molecular formula is C24H24N6O3. The number of rotatable bonds is 3. The van der Waals surface area contributed by atoms with Gasteiger partial charge < -0.3 is 19.8 Å². The number of carbonyl (C=O) groups excluding carboxylic acids is 1. The van der Waals surface area contributed by atoms with Gasteiger partial charge in [0.15, 0.2) is 0 Å². The van der Waals surface area contributed by atoms with Crippen molar-refractivity contribution in [1.29, 1.82) is 5.26 Å². The lowest BCUT2D eigenvalue weighted by Crippen LogP contribution is -2.37. The third kappa shape index (κ3) is 3.25. The molecule has 0 radical (unpaired) electrons. The fraction of sp³-hybridized carbons (Fsp3) is 0.417. The van der Waals surface area contributed by atoms with E-state index in [0.29, 0.717) is 25.6 Å². The van der Waals surface area contributed by atoms with Crippen LogP contribution in [0.25, 0.3) is 22.2 Å². The Labute approximate surface area is 190 Å². The Morgan fingerprint density at radius 2 is 2.21 bits per heavy atom. The van der Waals surface area contributed by atoms with Gasteiger partial charge >= 0.3 is 6.03 Å². The largest absolute Gasteiger partial charge is 0.378 e. The average Bonchev–Trinajstić information content (AvgIpc) is 3.38. The summed E-state index contributed by atoms with van der Waals surface area (Å²) in [4.78, 5) is 20.9. The highest BCUT2D eigenvalue weighted by Crippen LogP contribution is 2.43. The quantitative estimate of drug-likeness (QED) is 0.638. The van der Waals surface area contributed by atoms with Gasteiger partial charge in [-0.25, -0.2) is 14.8 Å². The molecule has 2 amide bonds. The van der Waals surface area contributed by atoms with E-state index in [1.54, 1.807) is 6.20 Å². The topological polar surface area (TPSA) is 128 Å². The second-order valence-corrected chi connectivity index (χ2v) is 9.08. The number of nitrogens with zero attached hydrogens (tertiary/aromatic N) is 4. The Morgan fingerprint density at radius 3 is 2.97 bits per heavy atom. The van der Waals surface area contributed by atoms with Gasteiger partial charge in [0.2, 0.25) is 0 Å². The average molecular weight is 444 g/mol. The molecule has 33 heavy (non-hydrogen) atoms. The number of amides is 2. The fourth-order valence-corrected chi connectivity index (χ4v) is 5.27. The molecule has 3 N–H and O–H groups in total. The fourth-order valence-electron chi connectivity index (χ4n) is 5.27. The van der Waals surface area contributed by atoms with Crippen LogP contribution in [0.1, 0.15) is 36.6 Å². The van der Waals surface area contributed by atoms with Gasteiger partial charge in [0, 0.05) is 36.2 Å². The normalized spacial score (nSPS) is 26.0. The minimum absolute atomic E-state index is 0.0842. The van der Waals surface area contributed by atoms with Crippen LogP contribution < -0.4 is 11.1 Å². The first-order valence-electron chi connectivity index (χ1n) is 11.3. The first-order chi connectivity index (χ1) is 16.1. The number of nitriles is 1. The second kappa shape index (κ2) is 7.54. The van der Waals surface area contributed by atoms with E-state index in [1.807, 2.05) is 12.1 Å². The number of ether oxygens (including phenoxy) is 2. The Kier molecular flexibility index (Phi) is 4.60. The number of carbonyl (C=O) groups is 1. The zero-order chi connectivity index (χ0) is 22.6. The van der Waals surface area contributed by atoms with Crippen molar-refractivity contribution in [3.8, 4) is 17.3 Å². The zero-order valence-corrected chi connectivity index (χ0v) is 18.1. The maximum Gasteiger partial charge on any atom is 0.317 e. The Hall–Kier alpha value is -3.48. The third-order valence-corrected chi connectivity index (χ3v) is 7.08. The lowest BCUT2D eigenvalue weighted by atomic mass is 9.81. The van der Waals surface area contributed by atoms with Gasteiger partial charge in [0.25, 0.3) is 0 Å². The van der Waals surface area contributed by atoms with Gasteiger partial charge in [0.05, 0.1) is 48.3 Å². The van der Waals surface area contributed by atoms with Crippen LogP contribution in [0.4, 0.5) is 10.6 Å². The minimum atomic E-state index is -0.661. The van der Waals surface area contributed by atoms with Crippen LogP contribution in [0.5, 0.6) is 0 Å². The van der Waals surface area contributed by atoms with E-state index in [4.69, 9.17) is 20.2 Å². The summed E-state index contributed by atoms with van der Waals surface area (Å²) >= 11 is 0. The molecule has 1 spiro atoms. The van der Waals surface area contributed by atoms with Crippen LogP contribution in [-0.4, -0.2) is 40.4 Å². The molecule has 3 aromatic rings. The van der Waals surface area contributed by atoms with Gasteiger partial charge in [-0.15, -0.1) is 0 Å². The van der Waals surface area contributed by atoms with Crippen LogP contribution in [0.15, 0.2) is 30.6 Å². The van der Waals surface area contributed by atoms with Crippen LogP contribution in [-0.2, 0) is 21.5 Å².